The van der Waals surface area contributed by atoms with Gasteiger partial charge in [-0.15, -0.1) is 0 Å². The van der Waals surface area contributed by atoms with Gasteiger partial charge in [-0.3, -0.25) is 0 Å². The van der Waals surface area contributed by atoms with Gasteiger partial charge in [-0.25, -0.2) is 9.78 Å². The van der Waals surface area contributed by atoms with Crippen molar-refractivity contribution in [3.63, 3.8) is 0 Å². The Labute approximate surface area is 151 Å². The maximum Gasteiger partial charge on any atom is 0.330 e. The van der Waals surface area contributed by atoms with E-state index in [0.717, 1.165) is 17.2 Å². The summed E-state index contributed by atoms with van der Waals surface area (Å²) >= 11 is 0. The zero-order valence-corrected chi connectivity index (χ0v) is 14.0. The minimum Gasteiger partial charge on any atom is -0.460 e. The number of carbonyl (C=O) groups is 1. The molecule has 0 saturated heterocycles. The van der Waals surface area contributed by atoms with E-state index in [4.69, 9.17) is 9.47 Å². The van der Waals surface area contributed by atoms with Gasteiger partial charge >= 0.3 is 12.0 Å². The van der Waals surface area contributed by atoms with Crippen molar-refractivity contribution in [2.24, 2.45) is 0 Å². The number of carbonyl (C=O) groups excluding carboxylic acids is 1. The van der Waals surface area contributed by atoms with Crippen molar-refractivity contribution in [1.82, 2.24) is 15.0 Å². The van der Waals surface area contributed by atoms with Crippen LogP contribution in [0.15, 0.2) is 73.3 Å². The maximum absolute atomic E-state index is 11.1. The van der Waals surface area contributed by atoms with E-state index in [9.17, 15) is 4.79 Å². The van der Waals surface area contributed by atoms with Crippen LogP contribution >= 0.6 is 0 Å². The molecule has 3 aromatic rings. The fourth-order valence-corrected chi connectivity index (χ4v) is 2.19. The lowest BCUT2D eigenvalue weighted by Gasteiger charge is -2.09. The number of rotatable bonds is 7. The van der Waals surface area contributed by atoms with Crippen molar-refractivity contribution < 1.29 is 14.3 Å². The molecule has 6 nitrogen and oxygen atoms in total. The summed E-state index contributed by atoms with van der Waals surface area (Å²) in [7, 11) is 0. The number of benzene rings is 2. The first kappa shape index (κ1) is 17.3. The van der Waals surface area contributed by atoms with Gasteiger partial charge in [0.25, 0.3) is 0 Å². The molecule has 0 spiro atoms. The lowest BCUT2D eigenvalue weighted by atomic mass is 10.2. The average Bonchev–Trinajstić information content (AvgIpc) is 2.72. The number of nitrogens with zero attached hydrogens (tertiary/aromatic N) is 3. The minimum atomic E-state index is -0.501. The van der Waals surface area contributed by atoms with Gasteiger partial charge < -0.3 is 9.47 Å². The molecule has 0 amide bonds. The molecule has 2 aromatic carbocycles. The molecule has 1 aromatic heterocycles. The van der Waals surface area contributed by atoms with Gasteiger partial charge in [0.2, 0.25) is 0 Å². The highest BCUT2D eigenvalue weighted by Crippen LogP contribution is 2.22. The first-order valence-corrected chi connectivity index (χ1v) is 8.05. The van der Waals surface area contributed by atoms with E-state index in [0.29, 0.717) is 11.6 Å². The zero-order chi connectivity index (χ0) is 18.2. The summed E-state index contributed by atoms with van der Waals surface area (Å²) in [4.78, 5) is 24.3. The Morgan fingerprint density at radius 2 is 1.38 bits per heavy atom. The Morgan fingerprint density at radius 3 is 1.88 bits per heavy atom. The van der Waals surface area contributed by atoms with E-state index >= 15 is 0 Å². The molecule has 0 atom stereocenters. The van der Waals surface area contributed by atoms with Crippen LogP contribution in [0, 0.1) is 0 Å². The van der Waals surface area contributed by atoms with Gasteiger partial charge in [0, 0.05) is 17.2 Å². The topological polar surface area (TPSA) is 74.2 Å². The van der Waals surface area contributed by atoms with Crippen LogP contribution in [0.1, 0.15) is 0 Å². The highest BCUT2D eigenvalue weighted by atomic mass is 16.6. The monoisotopic (exact) mass is 347 g/mol. The third-order valence-electron chi connectivity index (χ3n) is 3.40. The van der Waals surface area contributed by atoms with Crippen LogP contribution in [-0.2, 0) is 9.53 Å². The predicted molar refractivity (Wildman–Crippen MR) is 97.4 cm³/mol. The number of ether oxygens (including phenoxy) is 2. The summed E-state index contributed by atoms with van der Waals surface area (Å²) in [6, 6.07) is 19.3. The molecule has 0 aliphatic rings. The van der Waals surface area contributed by atoms with Crippen LogP contribution in [0.3, 0.4) is 0 Å². The molecule has 0 fully saturated rings. The average molecular weight is 347 g/mol. The molecule has 130 valence electrons. The van der Waals surface area contributed by atoms with Gasteiger partial charge in [0.1, 0.15) is 13.2 Å². The molecule has 0 bridgehead atoms. The summed E-state index contributed by atoms with van der Waals surface area (Å²) < 4.78 is 10.4. The second-order valence-electron chi connectivity index (χ2n) is 5.22. The maximum atomic E-state index is 11.1. The summed E-state index contributed by atoms with van der Waals surface area (Å²) in [6.07, 6.45) is 1.10. The summed E-state index contributed by atoms with van der Waals surface area (Å²) in [5.74, 6) is 0.522. The number of aromatic nitrogens is 3. The van der Waals surface area contributed by atoms with Crippen LogP contribution in [0.4, 0.5) is 0 Å². The molecule has 0 radical (unpaired) electrons. The van der Waals surface area contributed by atoms with E-state index in [-0.39, 0.29) is 19.2 Å². The minimum absolute atomic E-state index is 0.0812. The third-order valence-corrected chi connectivity index (χ3v) is 3.40. The lowest BCUT2D eigenvalue weighted by Crippen LogP contribution is -2.12. The number of esters is 1. The van der Waals surface area contributed by atoms with Crippen molar-refractivity contribution in [2.75, 3.05) is 13.2 Å². The summed E-state index contributed by atoms with van der Waals surface area (Å²) in [6.45, 7) is 3.55. The van der Waals surface area contributed by atoms with Crippen LogP contribution < -0.4 is 4.74 Å². The molecule has 26 heavy (non-hydrogen) atoms. The Hall–Kier alpha value is -3.54. The van der Waals surface area contributed by atoms with Crippen molar-refractivity contribution >= 4 is 5.97 Å². The van der Waals surface area contributed by atoms with E-state index < -0.39 is 5.97 Å². The molecule has 0 N–H and O–H groups in total. The third kappa shape index (κ3) is 4.51. The van der Waals surface area contributed by atoms with Gasteiger partial charge in [-0.1, -0.05) is 67.2 Å². The standard InChI is InChI=1S/C20H17N3O3/c1-2-17(24)25-13-14-26-20-22-18(15-9-5-3-6-10-15)21-19(23-20)16-11-7-4-8-12-16/h2-12H,1,13-14H2. The Balaban J connectivity index is 1.86. The molecule has 0 aliphatic carbocycles. The number of hydrogen-bond acceptors (Lipinski definition) is 6. The van der Waals surface area contributed by atoms with Gasteiger partial charge in [0.15, 0.2) is 11.6 Å². The van der Waals surface area contributed by atoms with E-state index in [1.54, 1.807) is 0 Å². The second kappa shape index (κ2) is 8.53. The quantitative estimate of drug-likeness (QED) is 0.371. The largest absolute Gasteiger partial charge is 0.460 e. The van der Waals surface area contributed by atoms with Crippen molar-refractivity contribution in [2.45, 2.75) is 0 Å². The highest BCUT2D eigenvalue weighted by molar-refractivity contribution is 5.81. The lowest BCUT2D eigenvalue weighted by molar-refractivity contribution is -0.138. The van der Waals surface area contributed by atoms with Gasteiger partial charge in [0.05, 0.1) is 0 Å². The summed E-state index contributed by atoms with van der Waals surface area (Å²) in [5.41, 5.74) is 1.71. The Kier molecular flexibility index (Phi) is 5.67. The molecule has 0 aliphatic heterocycles. The Morgan fingerprint density at radius 1 is 0.846 bits per heavy atom. The smallest absolute Gasteiger partial charge is 0.330 e. The SMILES string of the molecule is C=CC(=O)OCCOc1nc(-c2ccccc2)nc(-c2ccccc2)n1. The van der Waals surface area contributed by atoms with Crippen LogP contribution in [0.25, 0.3) is 22.8 Å². The zero-order valence-electron chi connectivity index (χ0n) is 14.0. The molecule has 0 unspecified atom stereocenters. The molecule has 1 heterocycles. The molecule has 3 rings (SSSR count). The summed E-state index contributed by atoms with van der Waals surface area (Å²) in [5, 5.41) is 0. The highest BCUT2D eigenvalue weighted by Gasteiger charge is 2.11. The van der Waals surface area contributed by atoms with Crippen LogP contribution in [0.5, 0.6) is 6.01 Å². The Bertz CT molecular complexity index is 826. The van der Waals surface area contributed by atoms with Crippen molar-refractivity contribution in [1.29, 1.82) is 0 Å². The fraction of sp³-hybridized carbons (Fsp3) is 0.100. The number of hydrogen-bond donors (Lipinski definition) is 0. The first-order chi connectivity index (χ1) is 12.8. The van der Waals surface area contributed by atoms with Crippen LogP contribution in [0.2, 0.25) is 0 Å². The predicted octanol–water partition coefficient (Wildman–Crippen LogP) is 3.31. The molecule has 0 saturated carbocycles. The molecule has 6 heteroatoms. The van der Waals surface area contributed by atoms with E-state index in [2.05, 4.69) is 21.5 Å². The van der Waals surface area contributed by atoms with Gasteiger partial charge in [-0.2, -0.15) is 9.97 Å². The normalized spacial score (nSPS) is 10.2. The first-order valence-electron chi connectivity index (χ1n) is 8.05. The molecular formula is C20H17N3O3. The van der Waals surface area contributed by atoms with E-state index in [1.165, 1.54) is 0 Å². The van der Waals surface area contributed by atoms with E-state index in [1.807, 2.05) is 60.7 Å². The van der Waals surface area contributed by atoms with Crippen LogP contribution in [-0.4, -0.2) is 34.1 Å². The second-order valence-corrected chi connectivity index (χ2v) is 5.22. The van der Waals surface area contributed by atoms with Crippen molar-refractivity contribution in [3.05, 3.63) is 73.3 Å². The van der Waals surface area contributed by atoms with Crippen molar-refractivity contribution in [3.8, 4) is 28.8 Å². The van der Waals surface area contributed by atoms with Gasteiger partial charge in [-0.05, 0) is 0 Å². The fourth-order valence-electron chi connectivity index (χ4n) is 2.19. The molecular weight excluding hydrogens is 330 g/mol.